The summed E-state index contributed by atoms with van der Waals surface area (Å²) in [6, 6.07) is 0. The summed E-state index contributed by atoms with van der Waals surface area (Å²) in [7, 11) is 0. The van der Waals surface area contributed by atoms with Crippen LogP contribution in [0.1, 0.15) is 26.2 Å². The molecule has 0 saturated carbocycles. The lowest BCUT2D eigenvalue weighted by Gasteiger charge is -2.34. The van der Waals surface area contributed by atoms with Crippen LogP contribution in [0.4, 0.5) is 0 Å². The molecule has 3 rings (SSSR count). The zero-order valence-electron chi connectivity index (χ0n) is 13.7. The van der Waals surface area contributed by atoms with Gasteiger partial charge in [0, 0.05) is 50.0 Å². The standard InChI is InChI=1S/C14H19N5OS2.3ClH/c1-10-16-11(8-21-10)7-18-2-4-19(5-3-18)14(20)12-9-22-13(6-15)17-12;;;/h8-9H,2-7,15H2,1H3;3*1H. The maximum Gasteiger partial charge on any atom is 0.273 e. The number of aryl methyl sites for hydroxylation is 1. The van der Waals surface area contributed by atoms with Crippen LogP contribution in [0.3, 0.4) is 0 Å². The van der Waals surface area contributed by atoms with E-state index in [0.29, 0.717) is 12.2 Å². The van der Waals surface area contributed by atoms with E-state index in [-0.39, 0.29) is 43.1 Å². The molecule has 3 heterocycles. The lowest BCUT2D eigenvalue weighted by atomic mass is 10.2. The second-order valence-electron chi connectivity index (χ2n) is 5.26. The second-order valence-corrected chi connectivity index (χ2v) is 7.26. The van der Waals surface area contributed by atoms with Gasteiger partial charge in [-0.1, -0.05) is 0 Å². The molecule has 11 heteroatoms. The number of carbonyl (C=O) groups is 1. The molecule has 0 spiro atoms. The van der Waals surface area contributed by atoms with Crippen molar-refractivity contribution in [3.8, 4) is 0 Å². The first-order valence-corrected chi connectivity index (χ1v) is 8.98. The first kappa shape index (κ1) is 24.5. The lowest BCUT2D eigenvalue weighted by molar-refractivity contribution is 0.0622. The Kier molecular flexibility index (Phi) is 11.1. The van der Waals surface area contributed by atoms with Crippen LogP contribution in [0.25, 0.3) is 0 Å². The van der Waals surface area contributed by atoms with Gasteiger partial charge in [-0.15, -0.1) is 59.9 Å². The van der Waals surface area contributed by atoms with Gasteiger partial charge >= 0.3 is 0 Å². The van der Waals surface area contributed by atoms with Gasteiger partial charge in [0.25, 0.3) is 5.91 Å². The fourth-order valence-electron chi connectivity index (χ4n) is 2.48. The van der Waals surface area contributed by atoms with Crippen molar-refractivity contribution in [3.63, 3.8) is 0 Å². The van der Waals surface area contributed by atoms with Crippen molar-refractivity contribution in [1.82, 2.24) is 19.8 Å². The largest absolute Gasteiger partial charge is 0.335 e. The van der Waals surface area contributed by atoms with Crippen LogP contribution in [0, 0.1) is 6.92 Å². The molecule has 1 aliphatic heterocycles. The molecule has 0 aliphatic carbocycles. The Morgan fingerprint density at radius 1 is 1.12 bits per heavy atom. The number of rotatable bonds is 4. The number of halogens is 3. The number of aromatic nitrogens is 2. The summed E-state index contributed by atoms with van der Waals surface area (Å²) >= 11 is 3.13. The molecule has 1 saturated heterocycles. The minimum Gasteiger partial charge on any atom is -0.335 e. The van der Waals surface area contributed by atoms with Crippen molar-refractivity contribution < 1.29 is 4.79 Å². The van der Waals surface area contributed by atoms with E-state index in [4.69, 9.17) is 5.73 Å². The minimum absolute atomic E-state index is 0. The van der Waals surface area contributed by atoms with Gasteiger partial charge in [0.1, 0.15) is 10.7 Å². The first-order valence-electron chi connectivity index (χ1n) is 7.23. The Labute approximate surface area is 174 Å². The van der Waals surface area contributed by atoms with E-state index in [0.717, 1.165) is 48.4 Å². The van der Waals surface area contributed by atoms with E-state index < -0.39 is 0 Å². The molecule has 25 heavy (non-hydrogen) atoms. The molecule has 142 valence electrons. The highest BCUT2D eigenvalue weighted by atomic mass is 35.5. The molecule has 1 aliphatic rings. The first-order chi connectivity index (χ1) is 10.7. The van der Waals surface area contributed by atoms with Crippen molar-refractivity contribution in [2.24, 2.45) is 5.73 Å². The van der Waals surface area contributed by atoms with Crippen LogP contribution in [-0.2, 0) is 13.1 Å². The van der Waals surface area contributed by atoms with E-state index >= 15 is 0 Å². The molecule has 2 N–H and O–H groups in total. The Morgan fingerprint density at radius 3 is 2.32 bits per heavy atom. The van der Waals surface area contributed by atoms with Crippen LogP contribution in [0.5, 0.6) is 0 Å². The zero-order valence-corrected chi connectivity index (χ0v) is 17.8. The number of hydrogen-bond acceptors (Lipinski definition) is 7. The third-order valence-corrected chi connectivity index (χ3v) is 5.35. The number of nitrogens with two attached hydrogens (primary N) is 1. The van der Waals surface area contributed by atoms with E-state index in [2.05, 4.69) is 20.2 Å². The highest BCUT2D eigenvalue weighted by Gasteiger charge is 2.24. The monoisotopic (exact) mass is 445 g/mol. The van der Waals surface area contributed by atoms with Crippen molar-refractivity contribution in [3.05, 3.63) is 32.2 Å². The zero-order chi connectivity index (χ0) is 15.5. The van der Waals surface area contributed by atoms with Crippen LogP contribution >= 0.6 is 59.9 Å². The Bertz CT molecular complexity index is 658. The van der Waals surface area contributed by atoms with Crippen LogP contribution in [-0.4, -0.2) is 51.9 Å². The average Bonchev–Trinajstić information content (AvgIpc) is 3.16. The predicted molar refractivity (Wildman–Crippen MR) is 110 cm³/mol. The third kappa shape index (κ3) is 6.32. The predicted octanol–water partition coefficient (Wildman–Crippen LogP) is 2.59. The van der Waals surface area contributed by atoms with Crippen molar-refractivity contribution in [1.29, 1.82) is 0 Å². The van der Waals surface area contributed by atoms with Crippen LogP contribution in [0.15, 0.2) is 10.8 Å². The SMILES string of the molecule is Cc1nc(CN2CCN(C(=O)c3csc(CN)n3)CC2)cs1.Cl.Cl.Cl. The van der Waals surface area contributed by atoms with Crippen LogP contribution < -0.4 is 5.73 Å². The molecular weight excluding hydrogens is 425 g/mol. The molecule has 0 aromatic carbocycles. The van der Waals surface area contributed by atoms with Gasteiger partial charge < -0.3 is 10.6 Å². The molecule has 0 unspecified atom stereocenters. The molecule has 2 aromatic heterocycles. The molecule has 0 bridgehead atoms. The Balaban J connectivity index is 0.00000192. The lowest BCUT2D eigenvalue weighted by Crippen LogP contribution is -2.48. The molecule has 0 radical (unpaired) electrons. The Hall–Kier alpha value is -0.480. The summed E-state index contributed by atoms with van der Waals surface area (Å²) in [5, 5.41) is 5.81. The fraction of sp³-hybridized carbons (Fsp3) is 0.500. The highest BCUT2D eigenvalue weighted by Crippen LogP contribution is 2.15. The second kappa shape index (κ2) is 11.3. The van der Waals surface area contributed by atoms with E-state index in [1.165, 1.54) is 11.3 Å². The summed E-state index contributed by atoms with van der Waals surface area (Å²) in [6.07, 6.45) is 0. The van der Waals surface area contributed by atoms with Gasteiger partial charge in [-0.2, -0.15) is 0 Å². The summed E-state index contributed by atoms with van der Waals surface area (Å²) < 4.78 is 0. The summed E-state index contributed by atoms with van der Waals surface area (Å²) in [4.78, 5) is 25.4. The van der Waals surface area contributed by atoms with E-state index in [1.807, 2.05) is 11.8 Å². The molecule has 2 aromatic rings. The molecule has 0 atom stereocenters. The quantitative estimate of drug-likeness (QED) is 0.781. The van der Waals surface area contributed by atoms with E-state index in [9.17, 15) is 4.79 Å². The maximum absolute atomic E-state index is 12.4. The van der Waals surface area contributed by atoms with Crippen molar-refractivity contribution >= 4 is 65.8 Å². The number of thiazole rings is 2. The van der Waals surface area contributed by atoms with Gasteiger partial charge in [0.15, 0.2) is 0 Å². The van der Waals surface area contributed by atoms with Gasteiger partial charge in [-0.05, 0) is 6.92 Å². The highest BCUT2D eigenvalue weighted by molar-refractivity contribution is 7.10. The third-order valence-electron chi connectivity index (χ3n) is 3.66. The van der Waals surface area contributed by atoms with Gasteiger partial charge in [0.2, 0.25) is 0 Å². The van der Waals surface area contributed by atoms with Gasteiger partial charge in [-0.3, -0.25) is 9.69 Å². The van der Waals surface area contributed by atoms with Crippen LogP contribution in [0.2, 0.25) is 0 Å². The smallest absolute Gasteiger partial charge is 0.273 e. The number of amides is 1. The van der Waals surface area contributed by atoms with Gasteiger partial charge in [0.05, 0.1) is 10.7 Å². The molecule has 1 fully saturated rings. The molecular formula is C14H22Cl3N5OS2. The number of piperazine rings is 1. The number of hydrogen-bond donors (Lipinski definition) is 1. The van der Waals surface area contributed by atoms with Gasteiger partial charge in [-0.25, -0.2) is 9.97 Å². The van der Waals surface area contributed by atoms with E-state index in [1.54, 1.807) is 16.7 Å². The average molecular weight is 447 g/mol. The number of carbonyl (C=O) groups excluding carboxylic acids is 1. The molecule has 6 nitrogen and oxygen atoms in total. The summed E-state index contributed by atoms with van der Waals surface area (Å²) in [6.45, 7) is 6.48. The van der Waals surface area contributed by atoms with Crippen molar-refractivity contribution in [2.75, 3.05) is 26.2 Å². The fourth-order valence-corrected chi connectivity index (χ4v) is 3.74. The van der Waals surface area contributed by atoms with Crippen molar-refractivity contribution in [2.45, 2.75) is 20.0 Å². The summed E-state index contributed by atoms with van der Waals surface area (Å²) in [5.74, 6) is 0.0140. The number of nitrogens with zero attached hydrogens (tertiary/aromatic N) is 4. The Morgan fingerprint density at radius 2 is 1.80 bits per heavy atom. The minimum atomic E-state index is 0. The normalized spacial score (nSPS) is 14.2. The molecule has 1 amide bonds. The topological polar surface area (TPSA) is 75.4 Å². The maximum atomic E-state index is 12.4. The summed E-state index contributed by atoms with van der Waals surface area (Å²) in [5.41, 5.74) is 7.19.